The minimum atomic E-state index is -0.0525. The Kier molecular flexibility index (Phi) is 6.44. The first-order chi connectivity index (χ1) is 13.1. The van der Waals surface area contributed by atoms with Gasteiger partial charge in [-0.1, -0.05) is 6.92 Å². The SMILES string of the molecule is CCc1cnc(CCNC(=NC)N2CCN(c3nccn(C)c3=O)CC2)s1. The molecule has 0 saturated carbocycles. The Morgan fingerprint density at radius 1 is 1.30 bits per heavy atom. The molecule has 3 heterocycles. The predicted octanol–water partition coefficient (Wildman–Crippen LogP) is 0.739. The van der Waals surface area contributed by atoms with Crippen LogP contribution in [0.4, 0.5) is 5.82 Å². The van der Waals surface area contributed by atoms with Crippen molar-refractivity contribution in [1.82, 2.24) is 24.8 Å². The number of hydrogen-bond acceptors (Lipinski definition) is 6. The van der Waals surface area contributed by atoms with Gasteiger partial charge in [-0.3, -0.25) is 9.79 Å². The van der Waals surface area contributed by atoms with Gasteiger partial charge in [-0.15, -0.1) is 11.3 Å². The Morgan fingerprint density at radius 3 is 2.74 bits per heavy atom. The molecule has 0 aromatic carbocycles. The number of nitrogens with zero attached hydrogens (tertiary/aromatic N) is 6. The number of nitrogens with one attached hydrogen (secondary N) is 1. The van der Waals surface area contributed by atoms with E-state index in [4.69, 9.17) is 0 Å². The van der Waals surface area contributed by atoms with Crippen molar-refractivity contribution in [2.24, 2.45) is 12.0 Å². The van der Waals surface area contributed by atoms with E-state index in [9.17, 15) is 4.79 Å². The van der Waals surface area contributed by atoms with E-state index in [1.54, 1.807) is 35.3 Å². The van der Waals surface area contributed by atoms with Gasteiger partial charge < -0.3 is 19.7 Å². The molecular weight excluding hydrogens is 362 g/mol. The third kappa shape index (κ3) is 4.65. The zero-order valence-corrected chi connectivity index (χ0v) is 17.0. The van der Waals surface area contributed by atoms with Crippen LogP contribution in [-0.2, 0) is 19.9 Å². The molecule has 1 aliphatic heterocycles. The summed E-state index contributed by atoms with van der Waals surface area (Å²) in [6, 6.07) is 0. The molecule has 0 unspecified atom stereocenters. The molecule has 2 aromatic rings. The van der Waals surface area contributed by atoms with E-state index in [0.29, 0.717) is 5.82 Å². The van der Waals surface area contributed by atoms with Crippen molar-refractivity contribution < 1.29 is 0 Å². The molecule has 0 radical (unpaired) electrons. The monoisotopic (exact) mass is 389 g/mol. The highest BCUT2D eigenvalue weighted by molar-refractivity contribution is 7.11. The predicted molar refractivity (Wildman–Crippen MR) is 110 cm³/mol. The summed E-state index contributed by atoms with van der Waals surface area (Å²) in [6.45, 7) is 6.06. The first-order valence-electron chi connectivity index (χ1n) is 9.28. The number of piperazine rings is 1. The van der Waals surface area contributed by atoms with Gasteiger partial charge in [0.1, 0.15) is 0 Å². The molecular formula is C18H27N7OS. The fourth-order valence-corrected chi connectivity index (χ4v) is 3.93. The summed E-state index contributed by atoms with van der Waals surface area (Å²) in [5.74, 6) is 1.42. The molecule has 0 atom stereocenters. The van der Waals surface area contributed by atoms with E-state index >= 15 is 0 Å². The summed E-state index contributed by atoms with van der Waals surface area (Å²) in [5.41, 5.74) is -0.0525. The van der Waals surface area contributed by atoms with Crippen LogP contribution in [-0.4, -0.2) is 65.2 Å². The minimum absolute atomic E-state index is 0.0525. The summed E-state index contributed by atoms with van der Waals surface area (Å²) in [6.07, 6.45) is 7.26. The number of rotatable bonds is 5. The number of aliphatic imine (C=N–C) groups is 1. The molecule has 1 aliphatic rings. The highest BCUT2D eigenvalue weighted by atomic mass is 32.1. The molecule has 1 saturated heterocycles. The number of guanidine groups is 1. The molecule has 27 heavy (non-hydrogen) atoms. The summed E-state index contributed by atoms with van der Waals surface area (Å²) in [4.78, 5) is 31.0. The van der Waals surface area contributed by atoms with Crippen LogP contribution < -0.4 is 15.8 Å². The van der Waals surface area contributed by atoms with Crippen LogP contribution >= 0.6 is 11.3 Å². The maximum absolute atomic E-state index is 12.2. The van der Waals surface area contributed by atoms with Crippen LogP contribution in [0, 0.1) is 0 Å². The third-order valence-corrected chi connectivity index (χ3v) is 5.86. The number of anilines is 1. The minimum Gasteiger partial charge on any atom is -0.356 e. The van der Waals surface area contributed by atoms with Gasteiger partial charge in [0.15, 0.2) is 11.8 Å². The second kappa shape index (κ2) is 8.98. The van der Waals surface area contributed by atoms with Gasteiger partial charge in [-0.05, 0) is 6.42 Å². The molecule has 1 N–H and O–H groups in total. The molecule has 8 nitrogen and oxygen atoms in total. The lowest BCUT2D eigenvalue weighted by molar-refractivity contribution is 0.371. The first kappa shape index (κ1) is 19.3. The van der Waals surface area contributed by atoms with Gasteiger partial charge in [-0.2, -0.15) is 0 Å². The van der Waals surface area contributed by atoms with Crippen LogP contribution in [0.3, 0.4) is 0 Å². The zero-order valence-electron chi connectivity index (χ0n) is 16.2. The second-order valence-electron chi connectivity index (χ2n) is 6.44. The molecule has 0 amide bonds. The van der Waals surface area contributed by atoms with Crippen molar-refractivity contribution in [3.05, 3.63) is 38.8 Å². The normalized spacial score (nSPS) is 15.3. The number of aryl methyl sites for hydroxylation is 2. The number of hydrogen-bond donors (Lipinski definition) is 1. The van der Waals surface area contributed by atoms with Gasteiger partial charge in [-0.25, -0.2) is 9.97 Å². The molecule has 9 heteroatoms. The maximum Gasteiger partial charge on any atom is 0.293 e. The van der Waals surface area contributed by atoms with Gasteiger partial charge in [0.05, 0.1) is 5.01 Å². The fourth-order valence-electron chi connectivity index (χ4n) is 3.07. The summed E-state index contributed by atoms with van der Waals surface area (Å²) >= 11 is 1.78. The Morgan fingerprint density at radius 2 is 2.07 bits per heavy atom. The Balaban J connectivity index is 1.51. The zero-order chi connectivity index (χ0) is 19.2. The molecule has 0 spiro atoms. The molecule has 0 bridgehead atoms. The maximum atomic E-state index is 12.2. The van der Waals surface area contributed by atoms with Crippen molar-refractivity contribution in [1.29, 1.82) is 0 Å². The Bertz CT molecular complexity index is 836. The van der Waals surface area contributed by atoms with Gasteiger partial charge in [0.25, 0.3) is 5.56 Å². The average Bonchev–Trinajstić information content (AvgIpc) is 3.16. The third-order valence-electron chi connectivity index (χ3n) is 4.66. The number of aromatic nitrogens is 3. The summed E-state index contributed by atoms with van der Waals surface area (Å²) in [5, 5.41) is 4.59. The fraction of sp³-hybridized carbons (Fsp3) is 0.556. The van der Waals surface area contributed by atoms with Crippen LogP contribution in [0.1, 0.15) is 16.8 Å². The molecule has 3 rings (SSSR count). The van der Waals surface area contributed by atoms with Crippen molar-refractivity contribution in [3.63, 3.8) is 0 Å². The van der Waals surface area contributed by atoms with Gasteiger partial charge in [0.2, 0.25) is 0 Å². The number of thiazole rings is 1. The highest BCUT2D eigenvalue weighted by Crippen LogP contribution is 2.13. The lowest BCUT2D eigenvalue weighted by atomic mass is 10.3. The molecule has 2 aromatic heterocycles. The van der Waals surface area contributed by atoms with E-state index in [-0.39, 0.29) is 5.56 Å². The quantitative estimate of drug-likeness (QED) is 0.600. The average molecular weight is 390 g/mol. The molecule has 146 valence electrons. The van der Waals surface area contributed by atoms with Crippen molar-refractivity contribution in [3.8, 4) is 0 Å². The van der Waals surface area contributed by atoms with Crippen LogP contribution in [0.25, 0.3) is 0 Å². The van der Waals surface area contributed by atoms with Crippen molar-refractivity contribution >= 4 is 23.1 Å². The van der Waals surface area contributed by atoms with Crippen molar-refractivity contribution in [2.75, 3.05) is 44.7 Å². The topological polar surface area (TPSA) is 78.7 Å². The van der Waals surface area contributed by atoms with Crippen molar-refractivity contribution in [2.45, 2.75) is 19.8 Å². The molecule has 0 aliphatic carbocycles. The van der Waals surface area contributed by atoms with E-state index in [0.717, 1.165) is 56.5 Å². The first-order valence-corrected chi connectivity index (χ1v) is 10.1. The van der Waals surface area contributed by atoms with Crippen LogP contribution in [0.5, 0.6) is 0 Å². The lowest BCUT2D eigenvalue weighted by Crippen LogP contribution is -2.53. The van der Waals surface area contributed by atoms with E-state index < -0.39 is 0 Å². The lowest BCUT2D eigenvalue weighted by Gasteiger charge is -2.36. The van der Waals surface area contributed by atoms with Crippen LogP contribution in [0.15, 0.2) is 28.4 Å². The smallest absolute Gasteiger partial charge is 0.293 e. The van der Waals surface area contributed by atoms with Crippen LogP contribution in [0.2, 0.25) is 0 Å². The second-order valence-corrected chi connectivity index (χ2v) is 7.64. The van der Waals surface area contributed by atoms with Gasteiger partial charge in [0, 0.05) is 76.7 Å². The van der Waals surface area contributed by atoms with E-state index in [1.165, 1.54) is 4.88 Å². The summed E-state index contributed by atoms with van der Waals surface area (Å²) in [7, 11) is 3.56. The molecule has 1 fully saturated rings. The standard InChI is InChI=1S/C18H27N7OS/c1-4-14-13-22-15(27-14)5-6-21-18(19-2)25-11-9-24(10-12-25)16-17(26)23(3)8-7-20-16/h7-8,13H,4-6,9-12H2,1-3H3,(H,19,21). The summed E-state index contributed by atoms with van der Waals surface area (Å²) < 4.78 is 1.57. The Hall–Kier alpha value is -2.42. The largest absolute Gasteiger partial charge is 0.356 e. The highest BCUT2D eigenvalue weighted by Gasteiger charge is 2.22. The van der Waals surface area contributed by atoms with E-state index in [2.05, 4.69) is 32.1 Å². The van der Waals surface area contributed by atoms with Gasteiger partial charge >= 0.3 is 0 Å². The van der Waals surface area contributed by atoms with E-state index in [1.807, 2.05) is 18.1 Å². The Labute approximate surface area is 163 Å².